The minimum atomic E-state index is -0.127. The molecule has 1 aliphatic carbocycles. The lowest BCUT2D eigenvalue weighted by molar-refractivity contribution is 0.660. The van der Waals surface area contributed by atoms with Gasteiger partial charge in [0.05, 0.1) is 16.7 Å². The van der Waals surface area contributed by atoms with Crippen molar-refractivity contribution in [3.05, 3.63) is 223 Å². The van der Waals surface area contributed by atoms with E-state index in [0.717, 1.165) is 50.1 Å². The molecule has 0 spiro atoms. The maximum absolute atomic E-state index is 5.35. The molecule has 4 heterocycles. The lowest BCUT2D eigenvalue weighted by Crippen LogP contribution is -2.14. The molecule has 0 bridgehead atoms. The van der Waals surface area contributed by atoms with Crippen LogP contribution in [0.15, 0.2) is 212 Å². The predicted molar refractivity (Wildman–Crippen MR) is 291 cm³/mol. The van der Waals surface area contributed by atoms with Crippen LogP contribution in [0.2, 0.25) is 0 Å². The Hall–Kier alpha value is -8.98. The van der Waals surface area contributed by atoms with Crippen LogP contribution in [0.4, 0.5) is 0 Å². The molecule has 0 fully saturated rings. The maximum atomic E-state index is 5.35. The van der Waals surface area contributed by atoms with Crippen molar-refractivity contribution in [2.75, 3.05) is 0 Å². The largest absolute Gasteiger partial charge is 0.308 e. The molecule has 1 aliphatic rings. The number of benzene rings is 9. The zero-order chi connectivity index (χ0) is 47.2. The molecule has 0 atom stereocenters. The van der Waals surface area contributed by atoms with Gasteiger partial charge in [-0.25, -0.2) is 29.9 Å². The summed E-state index contributed by atoms with van der Waals surface area (Å²) in [6, 6.07) is 74.2. The van der Waals surface area contributed by atoms with Crippen LogP contribution in [0.25, 0.3) is 127 Å². The standard InChI is InChI=1S/C63H41N7S/c1-63(2)48-27-15-12-24-43(48)46-36-41(30-32-49(46)63)60-65-57(38-18-6-3-7-19-38)66-61(67-60)42-31-33-51(47(37-42)62-68-58(39-20-8-4-9-21-39)64-59(69-62)40-22-10-5-11-23-40)70-50-28-16-13-25-44(50)55-52(70)34-35-54-56(55)45-26-14-17-29-53(45)71-54/h3-37H,1-2H3. The molecule has 4 aromatic heterocycles. The Balaban J connectivity index is 1.04. The number of hydrogen-bond donors (Lipinski definition) is 0. The molecule has 71 heavy (non-hydrogen) atoms. The normalized spacial score (nSPS) is 12.8. The van der Waals surface area contributed by atoms with E-state index in [9.17, 15) is 0 Å². The van der Waals surface area contributed by atoms with Gasteiger partial charge < -0.3 is 4.57 Å². The van der Waals surface area contributed by atoms with Crippen LogP contribution in [-0.4, -0.2) is 34.5 Å². The Morgan fingerprint density at radius 2 is 0.831 bits per heavy atom. The molecule has 0 radical (unpaired) electrons. The summed E-state index contributed by atoms with van der Waals surface area (Å²) >= 11 is 1.84. The van der Waals surface area contributed by atoms with E-state index in [1.165, 1.54) is 53.2 Å². The number of aromatic nitrogens is 7. The summed E-state index contributed by atoms with van der Waals surface area (Å²) < 4.78 is 4.90. The molecule has 9 aromatic carbocycles. The summed E-state index contributed by atoms with van der Waals surface area (Å²) in [5, 5.41) is 4.91. The van der Waals surface area contributed by atoms with Gasteiger partial charge >= 0.3 is 0 Å². The molecular formula is C63H41N7S. The average molecular weight is 928 g/mol. The summed E-state index contributed by atoms with van der Waals surface area (Å²) in [7, 11) is 0. The number of nitrogens with zero attached hydrogens (tertiary/aromatic N) is 7. The van der Waals surface area contributed by atoms with Crippen molar-refractivity contribution in [2.24, 2.45) is 0 Å². The summed E-state index contributed by atoms with van der Waals surface area (Å²) in [6.45, 7) is 4.60. The molecule has 7 nitrogen and oxygen atoms in total. The second-order valence-corrected chi connectivity index (χ2v) is 19.7. The zero-order valence-electron chi connectivity index (χ0n) is 38.7. The Morgan fingerprint density at radius 3 is 1.48 bits per heavy atom. The van der Waals surface area contributed by atoms with Crippen LogP contribution in [-0.2, 0) is 5.41 Å². The van der Waals surface area contributed by atoms with Gasteiger partial charge in [0.25, 0.3) is 0 Å². The number of para-hydroxylation sites is 1. The van der Waals surface area contributed by atoms with Gasteiger partial charge in [0.2, 0.25) is 0 Å². The lowest BCUT2D eigenvalue weighted by atomic mass is 9.82. The highest BCUT2D eigenvalue weighted by molar-refractivity contribution is 7.26. The topological polar surface area (TPSA) is 82.3 Å². The second-order valence-electron chi connectivity index (χ2n) is 18.7. The fourth-order valence-corrected chi connectivity index (χ4v) is 11.8. The summed E-state index contributed by atoms with van der Waals surface area (Å²) in [5.41, 5.74) is 13.2. The molecule has 0 amide bonds. The van der Waals surface area contributed by atoms with Crippen molar-refractivity contribution in [3.63, 3.8) is 0 Å². The quantitative estimate of drug-likeness (QED) is 0.158. The van der Waals surface area contributed by atoms with Crippen molar-refractivity contribution in [3.8, 4) is 85.1 Å². The Kier molecular flexibility index (Phi) is 9.28. The third-order valence-electron chi connectivity index (χ3n) is 14.1. The van der Waals surface area contributed by atoms with Gasteiger partial charge in [-0.05, 0) is 70.8 Å². The van der Waals surface area contributed by atoms with E-state index in [1.807, 2.05) is 90.2 Å². The molecule has 14 rings (SSSR count). The van der Waals surface area contributed by atoms with Crippen molar-refractivity contribution in [1.29, 1.82) is 0 Å². The molecule has 0 saturated carbocycles. The van der Waals surface area contributed by atoms with E-state index in [1.54, 1.807) is 0 Å². The van der Waals surface area contributed by atoms with Crippen LogP contribution in [0.5, 0.6) is 0 Å². The SMILES string of the molecule is CC1(C)c2ccccc2-c2cc(-c3nc(-c4ccccc4)nc(-c4ccc(-n5c6ccccc6c6c7c(ccc65)sc5ccccc57)c(-c5nc(-c6ccccc6)nc(-c6ccccc6)n5)c4)n3)ccc21. The Labute approximate surface area is 413 Å². The van der Waals surface area contributed by atoms with Crippen molar-refractivity contribution in [1.82, 2.24) is 34.5 Å². The van der Waals surface area contributed by atoms with Gasteiger partial charge in [-0.15, -0.1) is 11.3 Å². The Bertz CT molecular complexity index is 4200. The van der Waals surface area contributed by atoms with Crippen molar-refractivity contribution >= 4 is 53.3 Å². The fourth-order valence-electron chi connectivity index (χ4n) is 10.7. The van der Waals surface area contributed by atoms with Gasteiger partial charge in [0.1, 0.15) is 0 Å². The van der Waals surface area contributed by atoms with Gasteiger partial charge in [0.15, 0.2) is 34.9 Å². The van der Waals surface area contributed by atoms with Crippen molar-refractivity contribution in [2.45, 2.75) is 19.3 Å². The highest BCUT2D eigenvalue weighted by atomic mass is 32.1. The van der Waals surface area contributed by atoms with Crippen LogP contribution in [0, 0.1) is 0 Å². The first-order valence-corrected chi connectivity index (χ1v) is 24.7. The first-order chi connectivity index (χ1) is 34.9. The van der Waals surface area contributed by atoms with E-state index in [-0.39, 0.29) is 5.41 Å². The summed E-state index contributed by atoms with van der Waals surface area (Å²) in [4.78, 5) is 31.6. The van der Waals surface area contributed by atoms with E-state index in [4.69, 9.17) is 29.9 Å². The minimum absolute atomic E-state index is 0.127. The molecule has 0 saturated heterocycles. The maximum Gasteiger partial charge on any atom is 0.166 e. The third kappa shape index (κ3) is 6.63. The van der Waals surface area contributed by atoms with E-state index < -0.39 is 0 Å². The second kappa shape index (κ2) is 16.1. The van der Waals surface area contributed by atoms with Gasteiger partial charge in [0, 0.05) is 69.7 Å². The number of thiophene rings is 1. The van der Waals surface area contributed by atoms with Gasteiger partial charge in [-0.2, -0.15) is 0 Å². The number of hydrogen-bond acceptors (Lipinski definition) is 7. The zero-order valence-corrected chi connectivity index (χ0v) is 39.6. The molecule has 0 aliphatic heterocycles. The first kappa shape index (κ1) is 41.0. The van der Waals surface area contributed by atoms with E-state index in [2.05, 4.69) is 152 Å². The molecule has 0 N–H and O–H groups in total. The fraction of sp³-hybridized carbons (Fsp3) is 0.0476. The van der Waals surface area contributed by atoms with Crippen LogP contribution in [0.3, 0.4) is 0 Å². The third-order valence-corrected chi connectivity index (χ3v) is 15.3. The van der Waals surface area contributed by atoms with Crippen LogP contribution < -0.4 is 0 Å². The highest BCUT2D eigenvalue weighted by Crippen LogP contribution is 2.50. The summed E-state index contributed by atoms with van der Waals surface area (Å²) in [5.74, 6) is 3.41. The monoisotopic (exact) mass is 927 g/mol. The van der Waals surface area contributed by atoms with Crippen molar-refractivity contribution < 1.29 is 0 Å². The van der Waals surface area contributed by atoms with Gasteiger partial charge in [-0.1, -0.05) is 178 Å². The number of rotatable bonds is 7. The Morgan fingerprint density at radius 1 is 0.338 bits per heavy atom. The molecule has 8 heteroatoms. The van der Waals surface area contributed by atoms with Crippen LogP contribution in [0.1, 0.15) is 25.0 Å². The van der Waals surface area contributed by atoms with E-state index >= 15 is 0 Å². The smallest absolute Gasteiger partial charge is 0.166 e. The lowest BCUT2D eigenvalue weighted by Gasteiger charge is -2.21. The van der Waals surface area contributed by atoms with E-state index in [0.29, 0.717) is 34.9 Å². The predicted octanol–water partition coefficient (Wildman–Crippen LogP) is 15.8. The van der Waals surface area contributed by atoms with Crippen LogP contribution >= 0.6 is 11.3 Å². The van der Waals surface area contributed by atoms with Gasteiger partial charge in [-0.3, -0.25) is 0 Å². The molecule has 334 valence electrons. The number of fused-ring (bicyclic) bond motifs is 10. The summed E-state index contributed by atoms with van der Waals surface area (Å²) in [6.07, 6.45) is 0. The average Bonchev–Trinajstić information content (AvgIpc) is 4.06. The molecule has 13 aromatic rings. The highest BCUT2D eigenvalue weighted by Gasteiger charge is 2.35. The molecular weight excluding hydrogens is 887 g/mol. The molecule has 0 unspecified atom stereocenters. The first-order valence-electron chi connectivity index (χ1n) is 23.9. The minimum Gasteiger partial charge on any atom is -0.308 e.